The zero-order valence-electron chi connectivity index (χ0n) is 22.4. The number of aryl methyl sites for hydroxylation is 1. The molecule has 0 fully saturated rings. The highest BCUT2D eigenvalue weighted by atomic mass is 79.9. The molecule has 7 nitrogen and oxygen atoms in total. The third kappa shape index (κ3) is 7.89. The highest BCUT2D eigenvalue weighted by molar-refractivity contribution is 9.10. The molecule has 0 heterocycles. The van der Waals surface area contributed by atoms with E-state index < -0.39 is 34.3 Å². The van der Waals surface area contributed by atoms with E-state index in [-0.39, 0.29) is 29.1 Å². The maximum atomic E-state index is 13.9. The molecule has 2 amide bonds. The van der Waals surface area contributed by atoms with Crippen molar-refractivity contribution >= 4 is 43.5 Å². The van der Waals surface area contributed by atoms with Crippen LogP contribution in [0.3, 0.4) is 0 Å². The second-order valence-electron chi connectivity index (χ2n) is 9.45. The Hall–Kier alpha value is -3.24. The normalized spacial score (nSPS) is 12.9. The monoisotopic (exact) mass is 617 g/mol. The van der Waals surface area contributed by atoms with Crippen molar-refractivity contribution in [2.75, 3.05) is 10.8 Å². The lowest BCUT2D eigenvalue weighted by Gasteiger charge is -2.32. The quantitative estimate of drug-likeness (QED) is 0.311. The number of carbonyl (C=O) groups is 2. The molecule has 3 rings (SSSR count). The van der Waals surface area contributed by atoms with Crippen LogP contribution in [-0.4, -0.2) is 43.8 Å². The van der Waals surface area contributed by atoms with Crippen LogP contribution in [0.2, 0.25) is 0 Å². The molecule has 2 atom stereocenters. The highest BCUT2D eigenvalue weighted by Crippen LogP contribution is 2.25. The van der Waals surface area contributed by atoms with E-state index in [4.69, 9.17) is 0 Å². The lowest BCUT2D eigenvalue weighted by molar-refractivity contribution is -0.139. The molecule has 0 saturated heterocycles. The first-order valence-corrected chi connectivity index (χ1v) is 14.8. The van der Waals surface area contributed by atoms with E-state index in [9.17, 15) is 22.4 Å². The van der Waals surface area contributed by atoms with Gasteiger partial charge in [0.05, 0.1) is 10.6 Å². The number of anilines is 1. The second-order valence-corrected chi connectivity index (χ2v) is 12.2. The van der Waals surface area contributed by atoms with Crippen molar-refractivity contribution in [2.45, 2.75) is 57.6 Å². The Morgan fingerprint density at radius 1 is 1.00 bits per heavy atom. The van der Waals surface area contributed by atoms with Crippen LogP contribution in [0.15, 0.2) is 82.2 Å². The first-order chi connectivity index (χ1) is 18.4. The Labute approximate surface area is 238 Å². The first kappa shape index (κ1) is 30.3. The Balaban J connectivity index is 2.02. The number of rotatable bonds is 11. The van der Waals surface area contributed by atoms with Gasteiger partial charge in [0, 0.05) is 17.1 Å². The zero-order chi connectivity index (χ0) is 28.7. The van der Waals surface area contributed by atoms with Gasteiger partial charge in [-0.25, -0.2) is 12.8 Å². The number of nitrogens with one attached hydrogen (secondary N) is 1. The van der Waals surface area contributed by atoms with Gasteiger partial charge in [0.25, 0.3) is 10.0 Å². The minimum absolute atomic E-state index is 0.00803. The zero-order valence-corrected chi connectivity index (χ0v) is 24.8. The second kappa shape index (κ2) is 13.2. The lowest BCUT2D eigenvalue weighted by atomic mass is 10.1. The van der Waals surface area contributed by atoms with Crippen LogP contribution in [0.4, 0.5) is 10.1 Å². The van der Waals surface area contributed by atoms with Crippen LogP contribution in [-0.2, 0) is 26.2 Å². The summed E-state index contributed by atoms with van der Waals surface area (Å²) in [5.41, 5.74) is 1.76. The number of amides is 2. The Morgan fingerprint density at radius 3 is 2.23 bits per heavy atom. The van der Waals surface area contributed by atoms with Crippen molar-refractivity contribution in [3.8, 4) is 0 Å². The fraction of sp³-hybridized carbons (Fsp3) is 0.310. The summed E-state index contributed by atoms with van der Waals surface area (Å²) < 4.78 is 43.0. The number of benzene rings is 3. The smallest absolute Gasteiger partial charge is 0.264 e. The molecule has 0 aromatic heterocycles. The standard InChI is InChI=1S/C29H33BrFN3O4S/c1-5-21(3)32-29(36)22(4)33(18-23-7-6-8-24(30)17-23)28(35)19-34(26-13-11-25(31)12-14-26)39(37,38)27-15-9-20(2)10-16-27/h6-17,21-22H,5,18-19H2,1-4H3,(H,32,36)/t21-,22+/m0/s1. The predicted molar refractivity (Wildman–Crippen MR) is 154 cm³/mol. The Kier molecular flexibility index (Phi) is 10.3. The van der Waals surface area contributed by atoms with Crippen molar-refractivity contribution in [1.82, 2.24) is 10.2 Å². The highest BCUT2D eigenvalue weighted by Gasteiger charge is 2.32. The number of sulfonamides is 1. The molecule has 0 aliphatic carbocycles. The molecule has 0 aliphatic rings. The first-order valence-electron chi connectivity index (χ1n) is 12.6. The number of halogens is 2. The van der Waals surface area contributed by atoms with Crippen LogP contribution in [0, 0.1) is 12.7 Å². The predicted octanol–water partition coefficient (Wildman–Crippen LogP) is 5.42. The molecule has 0 aliphatic heterocycles. The molecule has 3 aromatic rings. The molecule has 10 heteroatoms. The summed E-state index contributed by atoms with van der Waals surface area (Å²) in [6, 6.07) is 17.5. The van der Waals surface area contributed by atoms with Gasteiger partial charge in [-0.3, -0.25) is 13.9 Å². The summed E-state index contributed by atoms with van der Waals surface area (Å²) in [5.74, 6) is -1.46. The van der Waals surface area contributed by atoms with Crippen molar-refractivity contribution in [3.63, 3.8) is 0 Å². The third-order valence-corrected chi connectivity index (χ3v) is 8.69. The fourth-order valence-corrected chi connectivity index (χ4v) is 5.71. The average molecular weight is 619 g/mol. The van der Waals surface area contributed by atoms with Gasteiger partial charge in [0.2, 0.25) is 11.8 Å². The van der Waals surface area contributed by atoms with Gasteiger partial charge in [0.15, 0.2) is 0 Å². The van der Waals surface area contributed by atoms with Crippen molar-refractivity contribution in [1.29, 1.82) is 0 Å². The molecule has 39 heavy (non-hydrogen) atoms. The summed E-state index contributed by atoms with van der Waals surface area (Å²) in [5, 5.41) is 2.90. The minimum atomic E-state index is -4.21. The SMILES string of the molecule is CC[C@H](C)NC(=O)[C@@H](C)N(Cc1cccc(Br)c1)C(=O)CN(c1ccc(F)cc1)S(=O)(=O)c1ccc(C)cc1. The largest absolute Gasteiger partial charge is 0.352 e. The van der Waals surface area contributed by atoms with E-state index in [0.717, 1.165) is 32.0 Å². The summed E-state index contributed by atoms with van der Waals surface area (Å²) in [4.78, 5) is 28.3. The molecule has 0 saturated carbocycles. The number of nitrogens with zero attached hydrogens (tertiary/aromatic N) is 2. The van der Waals surface area contributed by atoms with Crippen molar-refractivity contribution in [2.24, 2.45) is 0 Å². The van der Waals surface area contributed by atoms with Crippen LogP contribution in [0.1, 0.15) is 38.3 Å². The Morgan fingerprint density at radius 2 is 1.64 bits per heavy atom. The fourth-order valence-electron chi connectivity index (χ4n) is 3.85. The molecule has 0 radical (unpaired) electrons. The van der Waals surface area contributed by atoms with Crippen molar-refractivity contribution in [3.05, 3.63) is 94.2 Å². The van der Waals surface area contributed by atoms with Gasteiger partial charge in [-0.1, -0.05) is 52.7 Å². The lowest BCUT2D eigenvalue weighted by Crippen LogP contribution is -2.52. The molecule has 208 valence electrons. The molecule has 0 unspecified atom stereocenters. The molecule has 0 bridgehead atoms. The van der Waals surface area contributed by atoms with E-state index in [1.54, 1.807) is 19.1 Å². The molecular formula is C29H33BrFN3O4S. The van der Waals surface area contributed by atoms with E-state index >= 15 is 0 Å². The van der Waals surface area contributed by atoms with Gasteiger partial charge in [-0.2, -0.15) is 0 Å². The average Bonchev–Trinajstić information content (AvgIpc) is 2.90. The van der Waals surface area contributed by atoms with E-state index in [1.165, 1.54) is 29.2 Å². The van der Waals surface area contributed by atoms with Gasteiger partial charge < -0.3 is 10.2 Å². The van der Waals surface area contributed by atoms with Crippen LogP contribution in [0.5, 0.6) is 0 Å². The summed E-state index contributed by atoms with van der Waals surface area (Å²) in [6.07, 6.45) is 0.713. The maximum absolute atomic E-state index is 13.9. The van der Waals surface area contributed by atoms with Gasteiger partial charge >= 0.3 is 0 Å². The van der Waals surface area contributed by atoms with E-state index in [0.29, 0.717) is 6.42 Å². The van der Waals surface area contributed by atoms with Crippen LogP contribution >= 0.6 is 15.9 Å². The summed E-state index contributed by atoms with van der Waals surface area (Å²) >= 11 is 3.43. The molecular weight excluding hydrogens is 585 g/mol. The number of hydrogen-bond donors (Lipinski definition) is 1. The van der Waals surface area contributed by atoms with Gasteiger partial charge in [0.1, 0.15) is 18.4 Å². The van der Waals surface area contributed by atoms with Gasteiger partial charge in [-0.15, -0.1) is 0 Å². The number of carbonyl (C=O) groups excluding carboxylic acids is 2. The number of hydrogen-bond acceptors (Lipinski definition) is 4. The van der Waals surface area contributed by atoms with E-state index in [2.05, 4.69) is 21.2 Å². The van der Waals surface area contributed by atoms with E-state index in [1.807, 2.05) is 45.0 Å². The maximum Gasteiger partial charge on any atom is 0.264 e. The Bertz CT molecular complexity index is 1400. The molecule has 0 spiro atoms. The summed E-state index contributed by atoms with van der Waals surface area (Å²) in [6.45, 7) is 6.76. The van der Waals surface area contributed by atoms with Crippen LogP contribution in [0.25, 0.3) is 0 Å². The minimum Gasteiger partial charge on any atom is -0.352 e. The molecule has 1 N–H and O–H groups in total. The summed E-state index contributed by atoms with van der Waals surface area (Å²) in [7, 11) is -4.21. The van der Waals surface area contributed by atoms with Crippen LogP contribution < -0.4 is 9.62 Å². The molecule has 3 aromatic carbocycles. The van der Waals surface area contributed by atoms with Gasteiger partial charge in [-0.05, 0) is 81.3 Å². The topological polar surface area (TPSA) is 86.8 Å². The van der Waals surface area contributed by atoms with Crippen molar-refractivity contribution < 1.29 is 22.4 Å². The third-order valence-electron chi connectivity index (χ3n) is 6.41.